The van der Waals surface area contributed by atoms with Gasteiger partial charge in [-0.1, -0.05) is 11.3 Å². The second-order valence-corrected chi connectivity index (χ2v) is 3.36. The molecule has 0 amide bonds. The normalized spacial score (nSPS) is 11.0. The highest BCUT2D eigenvalue weighted by Gasteiger charge is 2.01. The number of hydrogen-bond donors (Lipinski definition) is 1. The largest absolute Gasteiger partial charge is 0.396 e. The van der Waals surface area contributed by atoms with E-state index in [0.29, 0.717) is 0 Å². The van der Waals surface area contributed by atoms with Crippen molar-refractivity contribution in [1.82, 2.24) is 15.0 Å². The number of aromatic nitrogens is 3. The summed E-state index contributed by atoms with van der Waals surface area (Å²) in [5.41, 5.74) is 3.18. The van der Waals surface area contributed by atoms with Crippen LogP contribution in [-0.4, -0.2) is 26.7 Å². The Labute approximate surface area is 82.2 Å². The first-order valence-electron chi connectivity index (χ1n) is 4.70. The molecule has 4 heteroatoms. The topological polar surface area (TPSA) is 50.9 Å². The van der Waals surface area contributed by atoms with Crippen molar-refractivity contribution in [3.8, 4) is 0 Å². The maximum Gasteiger partial charge on any atom is 0.113 e. The van der Waals surface area contributed by atoms with Crippen LogP contribution in [0.15, 0.2) is 18.2 Å². The van der Waals surface area contributed by atoms with Gasteiger partial charge < -0.3 is 5.11 Å². The van der Waals surface area contributed by atoms with Gasteiger partial charge in [0, 0.05) is 13.7 Å². The van der Waals surface area contributed by atoms with Gasteiger partial charge >= 0.3 is 0 Å². The van der Waals surface area contributed by atoms with Gasteiger partial charge in [0.05, 0.1) is 5.52 Å². The van der Waals surface area contributed by atoms with Crippen LogP contribution in [0.2, 0.25) is 0 Å². The van der Waals surface area contributed by atoms with Gasteiger partial charge in [-0.25, -0.2) is 4.68 Å². The first-order valence-corrected chi connectivity index (χ1v) is 4.70. The Morgan fingerprint density at radius 1 is 1.43 bits per heavy atom. The average Bonchev–Trinajstić information content (AvgIpc) is 2.57. The van der Waals surface area contributed by atoms with Gasteiger partial charge in [-0.2, -0.15) is 0 Å². The predicted molar refractivity (Wildman–Crippen MR) is 53.9 cm³/mol. The third-order valence-corrected chi connectivity index (χ3v) is 2.30. The molecule has 0 spiro atoms. The van der Waals surface area contributed by atoms with Crippen LogP contribution in [0.3, 0.4) is 0 Å². The lowest BCUT2D eigenvalue weighted by molar-refractivity contribution is 0.288. The van der Waals surface area contributed by atoms with Crippen molar-refractivity contribution >= 4 is 11.0 Å². The van der Waals surface area contributed by atoms with Crippen molar-refractivity contribution in [3.63, 3.8) is 0 Å². The van der Waals surface area contributed by atoms with Gasteiger partial charge in [0.25, 0.3) is 0 Å². The molecule has 0 aliphatic carbocycles. The summed E-state index contributed by atoms with van der Waals surface area (Å²) < 4.78 is 1.76. The molecule has 0 saturated carbocycles. The molecule has 1 aromatic heterocycles. The Balaban J connectivity index is 2.34. The maximum absolute atomic E-state index is 8.73. The molecule has 0 unspecified atom stereocenters. The fraction of sp³-hybridized carbons (Fsp3) is 0.400. The molecule has 0 fully saturated rings. The molecular formula is C10H13N3O. The monoisotopic (exact) mass is 191 g/mol. The number of benzene rings is 1. The minimum absolute atomic E-state index is 0.238. The van der Waals surface area contributed by atoms with Crippen molar-refractivity contribution in [2.24, 2.45) is 7.05 Å². The fourth-order valence-electron chi connectivity index (χ4n) is 1.51. The Bertz CT molecular complexity index is 436. The molecular weight excluding hydrogens is 178 g/mol. The molecule has 2 rings (SSSR count). The van der Waals surface area contributed by atoms with Crippen LogP contribution in [-0.2, 0) is 13.5 Å². The highest BCUT2D eigenvalue weighted by molar-refractivity contribution is 5.74. The van der Waals surface area contributed by atoms with Crippen molar-refractivity contribution < 1.29 is 5.11 Å². The molecule has 4 nitrogen and oxygen atoms in total. The SMILES string of the molecule is Cn1nnc2ccc(CCCO)cc21. The van der Waals surface area contributed by atoms with Crippen LogP contribution in [0, 0.1) is 0 Å². The number of fused-ring (bicyclic) bond motifs is 1. The summed E-state index contributed by atoms with van der Waals surface area (Å²) in [4.78, 5) is 0. The number of aliphatic hydroxyl groups excluding tert-OH is 1. The summed E-state index contributed by atoms with van der Waals surface area (Å²) in [6.45, 7) is 0.238. The summed E-state index contributed by atoms with van der Waals surface area (Å²) in [5, 5.41) is 16.7. The van der Waals surface area contributed by atoms with Gasteiger partial charge in [-0.05, 0) is 30.5 Å². The number of aryl methyl sites for hydroxylation is 2. The van der Waals surface area contributed by atoms with Gasteiger partial charge in [-0.3, -0.25) is 0 Å². The van der Waals surface area contributed by atoms with E-state index in [1.165, 1.54) is 5.56 Å². The summed E-state index contributed by atoms with van der Waals surface area (Å²) >= 11 is 0. The Morgan fingerprint density at radius 2 is 2.29 bits per heavy atom. The quantitative estimate of drug-likeness (QED) is 0.784. The summed E-state index contributed by atoms with van der Waals surface area (Å²) in [6.07, 6.45) is 1.70. The molecule has 1 heterocycles. The third kappa shape index (κ3) is 1.61. The van der Waals surface area contributed by atoms with Crippen molar-refractivity contribution in [3.05, 3.63) is 23.8 Å². The maximum atomic E-state index is 8.73. The first-order chi connectivity index (χ1) is 6.81. The summed E-state index contributed by atoms with van der Waals surface area (Å²) in [5.74, 6) is 0. The van der Waals surface area contributed by atoms with Crippen LogP contribution in [0.25, 0.3) is 11.0 Å². The fourth-order valence-corrected chi connectivity index (χ4v) is 1.51. The molecule has 0 saturated heterocycles. The van der Waals surface area contributed by atoms with Crippen LogP contribution in [0.5, 0.6) is 0 Å². The summed E-state index contributed by atoms with van der Waals surface area (Å²) in [7, 11) is 1.88. The van der Waals surface area contributed by atoms with Crippen molar-refractivity contribution in [1.29, 1.82) is 0 Å². The zero-order chi connectivity index (χ0) is 9.97. The van der Waals surface area contributed by atoms with E-state index < -0.39 is 0 Å². The lowest BCUT2D eigenvalue weighted by Crippen LogP contribution is -1.92. The highest BCUT2D eigenvalue weighted by atomic mass is 16.2. The average molecular weight is 191 g/mol. The number of rotatable bonds is 3. The van der Waals surface area contributed by atoms with Crippen molar-refractivity contribution in [2.45, 2.75) is 12.8 Å². The van der Waals surface area contributed by atoms with E-state index in [1.54, 1.807) is 4.68 Å². The van der Waals surface area contributed by atoms with E-state index in [4.69, 9.17) is 5.11 Å². The second-order valence-electron chi connectivity index (χ2n) is 3.36. The molecule has 0 aliphatic rings. The molecule has 0 atom stereocenters. The lowest BCUT2D eigenvalue weighted by atomic mass is 10.1. The Hall–Kier alpha value is -1.42. The minimum atomic E-state index is 0.238. The second kappa shape index (κ2) is 3.75. The molecule has 74 valence electrons. The van der Waals surface area contributed by atoms with Gasteiger partial charge in [-0.15, -0.1) is 5.10 Å². The van der Waals surface area contributed by atoms with E-state index >= 15 is 0 Å². The Morgan fingerprint density at radius 3 is 3.07 bits per heavy atom. The van der Waals surface area contributed by atoms with Crippen molar-refractivity contribution in [2.75, 3.05) is 6.61 Å². The lowest BCUT2D eigenvalue weighted by Gasteiger charge is -1.99. The smallest absolute Gasteiger partial charge is 0.113 e. The van der Waals surface area contributed by atoms with Crippen LogP contribution in [0.4, 0.5) is 0 Å². The number of nitrogens with zero attached hydrogens (tertiary/aromatic N) is 3. The minimum Gasteiger partial charge on any atom is -0.396 e. The zero-order valence-corrected chi connectivity index (χ0v) is 8.14. The van der Waals surface area contributed by atoms with Gasteiger partial charge in [0.2, 0.25) is 0 Å². The summed E-state index contributed by atoms with van der Waals surface area (Å²) in [6, 6.07) is 6.08. The third-order valence-electron chi connectivity index (χ3n) is 2.30. The molecule has 0 bridgehead atoms. The van der Waals surface area contributed by atoms with Crippen LogP contribution < -0.4 is 0 Å². The van der Waals surface area contributed by atoms with E-state index in [-0.39, 0.29) is 6.61 Å². The zero-order valence-electron chi connectivity index (χ0n) is 8.14. The highest BCUT2D eigenvalue weighted by Crippen LogP contribution is 2.13. The Kier molecular flexibility index (Phi) is 2.45. The number of hydrogen-bond acceptors (Lipinski definition) is 3. The molecule has 1 N–H and O–H groups in total. The molecule has 14 heavy (non-hydrogen) atoms. The molecule has 0 aliphatic heterocycles. The first kappa shape index (κ1) is 9.15. The van der Waals surface area contributed by atoms with Crippen LogP contribution in [0.1, 0.15) is 12.0 Å². The van der Waals surface area contributed by atoms with Gasteiger partial charge in [0.15, 0.2) is 0 Å². The number of aliphatic hydroxyl groups is 1. The standard InChI is InChI=1S/C10H13N3O/c1-13-10-7-8(3-2-6-14)4-5-9(10)11-12-13/h4-5,7,14H,2-3,6H2,1H3. The van der Waals surface area contributed by atoms with E-state index in [1.807, 2.05) is 19.2 Å². The van der Waals surface area contributed by atoms with E-state index in [2.05, 4.69) is 16.4 Å². The molecule has 2 aromatic rings. The van der Waals surface area contributed by atoms with Crippen LogP contribution >= 0.6 is 0 Å². The van der Waals surface area contributed by atoms with E-state index in [0.717, 1.165) is 23.9 Å². The van der Waals surface area contributed by atoms with Gasteiger partial charge in [0.1, 0.15) is 5.52 Å². The predicted octanol–water partition coefficient (Wildman–Crippen LogP) is 0.893. The molecule has 0 radical (unpaired) electrons. The molecule has 1 aromatic carbocycles. The van der Waals surface area contributed by atoms with E-state index in [9.17, 15) is 0 Å².